The fourth-order valence-corrected chi connectivity index (χ4v) is 3.82. The van der Waals surface area contributed by atoms with Crippen molar-refractivity contribution in [3.8, 4) is 0 Å². The highest BCUT2D eigenvalue weighted by Crippen LogP contribution is 2.30. The number of carbonyl (C=O) groups is 3. The van der Waals surface area contributed by atoms with Crippen LogP contribution in [0.3, 0.4) is 0 Å². The van der Waals surface area contributed by atoms with Crippen LogP contribution in [0, 0.1) is 0 Å². The molecule has 1 aromatic carbocycles. The lowest BCUT2D eigenvalue weighted by atomic mass is 9.89. The average molecular weight is 359 g/mol. The first-order chi connectivity index (χ1) is 12.4. The number of amides is 3. The summed E-state index contributed by atoms with van der Waals surface area (Å²) >= 11 is 0. The SMILES string of the molecule is CC(=O)Nc1cc(NC(C)=O)cc(C(=O)N2CCO[C@H]3CCCC[C@@H]32)c1. The lowest BCUT2D eigenvalue weighted by molar-refractivity contribution is -0.115. The Morgan fingerprint density at radius 3 is 2.23 bits per heavy atom. The maximum atomic E-state index is 13.2. The Morgan fingerprint density at radius 2 is 1.62 bits per heavy atom. The first kappa shape index (κ1) is 18.4. The minimum Gasteiger partial charge on any atom is -0.374 e. The van der Waals surface area contributed by atoms with Crippen LogP contribution in [0.5, 0.6) is 0 Å². The number of ether oxygens (including phenoxy) is 1. The summed E-state index contributed by atoms with van der Waals surface area (Å²) in [6.45, 7) is 3.90. The van der Waals surface area contributed by atoms with Gasteiger partial charge in [0.05, 0.1) is 18.8 Å². The molecule has 1 aliphatic heterocycles. The molecule has 2 aliphatic rings. The van der Waals surface area contributed by atoms with Gasteiger partial charge < -0.3 is 20.3 Å². The summed E-state index contributed by atoms with van der Waals surface area (Å²) in [6.07, 6.45) is 4.26. The van der Waals surface area contributed by atoms with Crippen LogP contribution in [0.2, 0.25) is 0 Å². The first-order valence-electron chi connectivity index (χ1n) is 9.07. The molecule has 2 atom stereocenters. The number of hydrogen-bond donors (Lipinski definition) is 2. The topological polar surface area (TPSA) is 87.7 Å². The Balaban J connectivity index is 1.89. The molecule has 0 bridgehead atoms. The minimum atomic E-state index is -0.234. The van der Waals surface area contributed by atoms with E-state index in [1.54, 1.807) is 18.2 Å². The van der Waals surface area contributed by atoms with Crippen LogP contribution < -0.4 is 10.6 Å². The number of hydrogen-bond acceptors (Lipinski definition) is 4. The molecular formula is C19H25N3O4. The average Bonchev–Trinajstić information content (AvgIpc) is 2.59. The maximum Gasteiger partial charge on any atom is 0.254 e. The molecule has 0 spiro atoms. The molecule has 1 aliphatic carbocycles. The van der Waals surface area contributed by atoms with Gasteiger partial charge in [0.25, 0.3) is 5.91 Å². The molecule has 1 saturated heterocycles. The second kappa shape index (κ2) is 7.86. The molecule has 2 N–H and O–H groups in total. The van der Waals surface area contributed by atoms with Crippen molar-refractivity contribution >= 4 is 29.1 Å². The fraction of sp³-hybridized carbons (Fsp3) is 0.526. The van der Waals surface area contributed by atoms with Crippen LogP contribution in [-0.2, 0) is 14.3 Å². The van der Waals surface area contributed by atoms with E-state index >= 15 is 0 Å². The summed E-state index contributed by atoms with van der Waals surface area (Å²) in [6, 6.07) is 5.05. The van der Waals surface area contributed by atoms with Crippen molar-refractivity contribution in [3.63, 3.8) is 0 Å². The van der Waals surface area contributed by atoms with Crippen molar-refractivity contribution in [1.82, 2.24) is 4.90 Å². The van der Waals surface area contributed by atoms with Crippen LogP contribution in [0.1, 0.15) is 49.9 Å². The predicted octanol–water partition coefficient (Wildman–Crippen LogP) is 2.39. The summed E-state index contributed by atoms with van der Waals surface area (Å²) < 4.78 is 5.84. The summed E-state index contributed by atoms with van der Waals surface area (Å²) in [5.74, 6) is -0.562. The van der Waals surface area contributed by atoms with Gasteiger partial charge >= 0.3 is 0 Å². The maximum absolute atomic E-state index is 13.2. The molecule has 140 valence electrons. The van der Waals surface area contributed by atoms with Gasteiger partial charge in [0.2, 0.25) is 11.8 Å². The molecule has 1 heterocycles. The van der Waals surface area contributed by atoms with Gasteiger partial charge in [-0.1, -0.05) is 12.8 Å². The zero-order valence-corrected chi connectivity index (χ0v) is 15.2. The Labute approximate surface area is 153 Å². The van der Waals surface area contributed by atoms with Crippen molar-refractivity contribution in [2.24, 2.45) is 0 Å². The van der Waals surface area contributed by atoms with E-state index < -0.39 is 0 Å². The largest absolute Gasteiger partial charge is 0.374 e. The second-order valence-corrected chi connectivity index (χ2v) is 6.92. The monoisotopic (exact) mass is 359 g/mol. The standard InChI is InChI=1S/C19H25N3O4/c1-12(23)20-15-9-14(10-16(11-15)21-13(2)24)19(25)22-7-8-26-18-6-4-3-5-17(18)22/h9-11,17-18H,3-8H2,1-2H3,(H,20,23)(H,21,24)/t17-,18-/m0/s1. The Kier molecular flexibility index (Phi) is 5.56. The normalized spacial score (nSPS) is 22.3. The van der Waals surface area contributed by atoms with E-state index in [4.69, 9.17) is 4.74 Å². The van der Waals surface area contributed by atoms with Crippen LogP contribution in [0.4, 0.5) is 11.4 Å². The lowest BCUT2D eigenvalue weighted by Crippen LogP contribution is -2.54. The molecule has 3 rings (SSSR count). The zero-order valence-electron chi connectivity index (χ0n) is 15.2. The number of anilines is 2. The minimum absolute atomic E-state index is 0.0935. The number of rotatable bonds is 3. The van der Waals surface area contributed by atoms with Gasteiger partial charge in [-0.2, -0.15) is 0 Å². The number of carbonyl (C=O) groups excluding carboxylic acids is 3. The molecule has 2 fully saturated rings. The molecule has 0 radical (unpaired) electrons. The van der Waals surface area contributed by atoms with Crippen molar-refractivity contribution in [2.75, 3.05) is 23.8 Å². The van der Waals surface area contributed by atoms with Gasteiger partial charge in [-0.05, 0) is 31.0 Å². The first-order valence-corrected chi connectivity index (χ1v) is 9.07. The van der Waals surface area contributed by atoms with Crippen molar-refractivity contribution < 1.29 is 19.1 Å². The molecular weight excluding hydrogens is 334 g/mol. The Bertz CT molecular complexity index is 682. The van der Waals surface area contributed by atoms with E-state index in [0.717, 1.165) is 25.7 Å². The highest BCUT2D eigenvalue weighted by molar-refractivity contribution is 6.00. The molecule has 0 unspecified atom stereocenters. The smallest absolute Gasteiger partial charge is 0.254 e. The van der Waals surface area contributed by atoms with Crippen molar-refractivity contribution in [1.29, 1.82) is 0 Å². The zero-order chi connectivity index (χ0) is 18.7. The van der Waals surface area contributed by atoms with Gasteiger partial charge in [0.15, 0.2) is 0 Å². The third kappa shape index (κ3) is 4.22. The third-order valence-electron chi connectivity index (χ3n) is 4.81. The van der Waals surface area contributed by atoms with E-state index in [2.05, 4.69) is 10.6 Å². The number of fused-ring (bicyclic) bond motifs is 1. The Morgan fingerprint density at radius 1 is 1.00 bits per heavy atom. The second-order valence-electron chi connectivity index (χ2n) is 6.92. The van der Waals surface area contributed by atoms with E-state index in [1.165, 1.54) is 13.8 Å². The molecule has 0 aromatic heterocycles. The summed E-state index contributed by atoms with van der Waals surface area (Å²) in [5, 5.41) is 5.37. The van der Waals surface area contributed by atoms with Gasteiger partial charge in [-0.3, -0.25) is 14.4 Å². The summed E-state index contributed by atoms with van der Waals surface area (Å²) in [5.41, 5.74) is 1.42. The molecule has 7 heteroatoms. The molecule has 1 aromatic rings. The molecule has 3 amide bonds. The van der Waals surface area contributed by atoms with Gasteiger partial charge in [0, 0.05) is 37.3 Å². The van der Waals surface area contributed by atoms with E-state index in [-0.39, 0.29) is 29.9 Å². The predicted molar refractivity (Wildman–Crippen MR) is 98.1 cm³/mol. The number of morpholine rings is 1. The summed E-state index contributed by atoms with van der Waals surface area (Å²) in [7, 11) is 0. The quantitative estimate of drug-likeness (QED) is 0.867. The van der Waals surface area contributed by atoms with Gasteiger partial charge in [0.1, 0.15) is 0 Å². The van der Waals surface area contributed by atoms with Crippen molar-refractivity contribution in [2.45, 2.75) is 51.7 Å². The van der Waals surface area contributed by atoms with Crippen LogP contribution in [0.15, 0.2) is 18.2 Å². The van der Waals surface area contributed by atoms with E-state index in [9.17, 15) is 14.4 Å². The van der Waals surface area contributed by atoms with Crippen LogP contribution in [0.25, 0.3) is 0 Å². The Hall–Kier alpha value is -2.41. The van der Waals surface area contributed by atoms with Crippen molar-refractivity contribution in [3.05, 3.63) is 23.8 Å². The van der Waals surface area contributed by atoms with E-state index in [1.807, 2.05) is 4.90 Å². The highest BCUT2D eigenvalue weighted by atomic mass is 16.5. The van der Waals surface area contributed by atoms with E-state index in [0.29, 0.717) is 30.1 Å². The van der Waals surface area contributed by atoms with Gasteiger partial charge in [-0.25, -0.2) is 0 Å². The number of benzene rings is 1. The van der Waals surface area contributed by atoms with Crippen LogP contribution in [-0.4, -0.2) is 47.9 Å². The van der Waals surface area contributed by atoms with Gasteiger partial charge in [-0.15, -0.1) is 0 Å². The number of nitrogens with zero attached hydrogens (tertiary/aromatic N) is 1. The fourth-order valence-electron chi connectivity index (χ4n) is 3.82. The number of nitrogens with one attached hydrogen (secondary N) is 2. The molecule has 7 nitrogen and oxygen atoms in total. The third-order valence-corrected chi connectivity index (χ3v) is 4.81. The lowest BCUT2D eigenvalue weighted by Gasteiger charge is -2.43. The van der Waals surface area contributed by atoms with Crippen LogP contribution >= 0.6 is 0 Å². The molecule has 1 saturated carbocycles. The molecule has 26 heavy (non-hydrogen) atoms. The highest BCUT2D eigenvalue weighted by Gasteiger charge is 2.37. The summed E-state index contributed by atoms with van der Waals surface area (Å²) in [4.78, 5) is 37.9.